The fourth-order valence-corrected chi connectivity index (χ4v) is 5.11. The number of alkyl halides is 3. The molecule has 3 aromatic rings. The second-order valence-electron chi connectivity index (χ2n) is 8.45. The number of rotatable bonds is 10. The van der Waals surface area contributed by atoms with Gasteiger partial charge in [0.05, 0.1) is 17.9 Å². The molecule has 2 heterocycles. The molecule has 0 spiro atoms. The maximum Gasteiger partial charge on any atom is 0.416 e. The number of nitrogens with zero attached hydrogens (tertiary/aromatic N) is 7. The highest BCUT2D eigenvalue weighted by atomic mass is 32.2. The standard InChI is InChI=1S/C22H29F3N8S/c1-2-3-12-32-20(28-30-31-32)15-34-21-29-27-19(33(21)18-10-5-4-6-11-18)14-26-17-9-7-8-16(13-17)22(23,24)25/h7-9,13,18,26H,2-6,10-12,14-15H2,1H3. The molecule has 1 saturated carbocycles. The first kappa shape index (κ1) is 24.5. The summed E-state index contributed by atoms with van der Waals surface area (Å²) in [6, 6.07) is 5.50. The number of unbranched alkanes of at least 4 members (excludes halogenated alkanes) is 1. The Bertz CT molecular complexity index is 1060. The molecule has 0 unspecified atom stereocenters. The second kappa shape index (κ2) is 11.2. The topological polar surface area (TPSA) is 86.3 Å². The molecule has 12 heteroatoms. The minimum absolute atomic E-state index is 0.278. The molecule has 184 valence electrons. The molecule has 4 rings (SSSR count). The van der Waals surface area contributed by atoms with Crippen molar-refractivity contribution in [3.05, 3.63) is 41.5 Å². The van der Waals surface area contributed by atoms with Gasteiger partial charge >= 0.3 is 6.18 Å². The molecule has 1 aliphatic carbocycles. The maximum atomic E-state index is 13.1. The Kier molecular flexibility index (Phi) is 8.07. The molecule has 1 aromatic carbocycles. The van der Waals surface area contributed by atoms with E-state index in [-0.39, 0.29) is 6.04 Å². The highest BCUT2D eigenvalue weighted by Gasteiger charge is 2.30. The smallest absolute Gasteiger partial charge is 0.378 e. The molecule has 0 atom stereocenters. The molecule has 0 bridgehead atoms. The molecule has 0 radical (unpaired) electrons. The summed E-state index contributed by atoms with van der Waals surface area (Å²) in [6.45, 7) is 3.20. The molecule has 8 nitrogen and oxygen atoms in total. The van der Waals surface area contributed by atoms with E-state index in [2.05, 4.69) is 42.5 Å². The molecular formula is C22H29F3N8S. The van der Waals surface area contributed by atoms with Gasteiger partial charge < -0.3 is 9.88 Å². The second-order valence-corrected chi connectivity index (χ2v) is 9.40. The fourth-order valence-electron chi connectivity index (χ4n) is 4.16. The first-order valence-corrected chi connectivity index (χ1v) is 12.7. The Balaban J connectivity index is 1.50. The monoisotopic (exact) mass is 494 g/mol. The number of halogens is 3. The molecule has 0 saturated heterocycles. The summed E-state index contributed by atoms with van der Waals surface area (Å²) in [7, 11) is 0. The summed E-state index contributed by atoms with van der Waals surface area (Å²) in [4.78, 5) is 0. The Morgan fingerprint density at radius 1 is 1.09 bits per heavy atom. The van der Waals surface area contributed by atoms with E-state index in [1.807, 2.05) is 4.68 Å². The van der Waals surface area contributed by atoms with Gasteiger partial charge in [0, 0.05) is 18.3 Å². The predicted octanol–water partition coefficient (Wildman–Crippen LogP) is 5.49. The quantitative estimate of drug-likeness (QED) is 0.373. The summed E-state index contributed by atoms with van der Waals surface area (Å²) in [5.41, 5.74) is -0.277. The number of hydrogen-bond acceptors (Lipinski definition) is 7. The van der Waals surface area contributed by atoms with Crippen LogP contribution in [0.15, 0.2) is 29.4 Å². The average molecular weight is 495 g/mol. The summed E-state index contributed by atoms with van der Waals surface area (Å²) < 4.78 is 43.2. The van der Waals surface area contributed by atoms with Gasteiger partial charge in [-0.15, -0.1) is 15.3 Å². The van der Waals surface area contributed by atoms with Crippen LogP contribution in [0, 0.1) is 0 Å². The number of tetrazole rings is 1. The van der Waals surface area contributed by atoms with Gasteiger partial charge in [-0.25, -0.2) is 4.68 Å². The summed E-state index contributed by atoms with van der Waals surface area (Å²) in [6.07, 6.45) is 3.26. The zero-order chi connectivity index (χ0) is 24.0. The van der Waals surface area contributed by atoms with Crippen molar-refractivity contribution in [2.24, 2.45) is 0 Å². The zero-order valence-corrected chi connectivity index (χ0v) is 19.9. The molecule has 1 N–H and O–H groups in total. The van der Waals surface area contributed by atoms with Crippen molar-refractivity contribution >= 4 is 17.4 Å². The number of hydrogen-bond donors (Lipinski definition) is 1. The molecule has 1 aliphatic rings. The third-order valence-electron chi connectivity index (χ3n) is 5.98. The van der Waals surface area contributed by atoms with Crippen molar-refractivity contribution in [1.29, 1.82) is 0 Å². The van der Waals surface area contributed by atoms with E-state index >= 15 is 0 Å². The van der Waals surface area contributed by atoms with Gasteiger partial charge in [-0.3, -0.25) is 0 Å². The van der Waals surface area contributed by atoms with Crippen LogP contribution < -0.4 is 5.32 Å². The lowest BCUT2D eigenvalue weighted by molar-refractivity contribution is -0.137. The molecule has 1 fully saturated rings. The van der Waals surface area contributed by atoms with Crippen LogP contribution >= 0.6 is 11.8 Å². The maximum absolute atomic E-state index is 13.1. The predicted molar refractivity (Wildman–Crippen MR) is 123 cm³/mol. The van der Waals surface area contributed by atoms with E-state index in [4.69, 9.17) is 0 Å². The van der Waals surface area contributed by atoms with Crippen LogP contribution in [-0.4, -0.2) is 35.0 Å². The van der Waals surface area contributed by atoms with Crippen LogP contribution in [0.2, 0.25) is 0 Å². The fraction of sp³-hybridized carbons (Fsp3) is 0.591. The number of benzene rings is 1. The lowest BCUT2D eigenvalue weighted by Crippen LogP contribution is -2.18. The van der Waals surface area contributed by atoms with Gasteiger partial charge in [-0.1, -0.05) is 50.4 Å². The summed E-state index contributed by atoms with van der Waals surface area (Å²) in [5.74, 6) is 2.08. The van der Waals surface area contributed by atoms with Crippen molar-refractivity contribution < 1.29 is 13.2 Å². The van der Waals surface area contributed by atoms with Crippen molar-refractivity contribution in [1.82, 2.24) is 35.0 Å². The normalized spacial score (nSPS) is 15.1. The van der Waals surface area contributed by atoms with Crippen molar-refractivity contribution in [3.63, 3.8) is 0 Å². The zero-order valence-electron chi connectivity index (χ0n) is 19.1. The highest BCUT2D eigenvalue weighted by Crippen LogP contribution is 2.34. The van der Waals surface area contributed by atoms with Crippen LogP contribution in [-0.2, 0) is 25.0 Å². The van der Waals surface area contributed by atoms with Gasteiger partial charge in [-0.2, -0.15) is 13.2 Å². The number of aryl methyl sites for hydroxylation is 1. The number of thioether (sulfide) groups is 1. The average Bonchev–Trinajstić information content (AvgIpc) is 3.46. The van der Waals surface area contributed by atoms with Crippen LogP contribution in [0.4, 0.5) is 18.9 Å². The van der Waals surface area contributed by atoms with E-state index in [1.54, 1.807) is 17.8 Å². The van der Waals surface area contributed by atoms with Crippen molar-refractivity contribution in [2.75, 3.05) is 5.32 Å². The van der Waals surface area contributed by atoms with Crippen LogP contribution in [0.5, 0.6) is 0 Å². The van der Waals surface area contributed by atoms with Gasteiger partial charge in [0.1, 0.15) is 0 Å². The van der Waals surface area contributed by atoms with Crippen molar-refractivity contribution in [3.8, 4) is 0 Å². The van der Waals surface area contributed by atoms with Crippen LogP contribution in [0.25, 0.3) is 0 Å². The van der Waals surface area contributed by atoms with Gasteiger partial charge in [0.25, 0.3) is 0 Å². The minimum Gasteiger partial charge on any atom is -0.378 e. The van der Waals surface area contributed by atoms with E-state index in [1.165, 1.54) is 12.5 Å². The minimum atomic E-state index is -4.38. The largest absolute Gasteiger partial charge is 0.416 e. The van der Waals surface area contributed by atoms with E-state index < -0.39 is 11.7 Å². The highest BCUT2D eigenvalue weighted by molar-refractivity contribution is 7.98. The lowest BCUT2D eigenvalue weighted by Gasteiger charge is -2.25. The Labute approximate surface area is 200 Å². The third kappa shape index (κ3) is 6.08. The van der Waals surface area contributed by atoms with Gasteiger partial charge in [-0.05, 0) is 47.9 Å². The first-order valence-electron chi connectivity index (χ1n) is 11.7. The number of anilines is 1. The molecular weight excluding hydrogens is 465 g/mol. The molecule has 2 aromatic heterocycles. The molecule has 34 heavy (non-hydrogen) atoms. The molecule has 0 aliphatic heterocycles. The lowest BCUT2D eigenvalue weighted by atomic mass is 9.95. The Hall–Kier alpha value is -2.63. The third-order valence-corrected chi connectivity index (χ3v) is 6.91. The van der Waals surface area contributed by atoms with Crippen LogP contribution in [0.1, 0.15) is 75.1 Å². The first-order chi connectivity index (χ1) is 16.5. The van der Waals surface area contributed by atoms with E-state index in [9.17, 15) is 13.2 Å². The Morgan fingerprint density at radius 2 is 1.91 bits per heavy atom. The van der Waals surface area contributed by atoms with Crippen LogP contribution in [0.3, 0.4) is 0 Å². The molecule has 0 amide bonds. The Morgan fingerprint density at radius 3 is 2.68 bits per heavy atom. The van der Waals surface area contributed by atoms with Crippen molar-refractivity contribution in [2.45, 2.75) is 88.1 Å². The van der Waals surface area contributed by atoms with Gasteiger partial charge in [0.2, 0.25) is 0 Å². The SMILES string of the molecule is CCCCn1nnnc1CSc1nnc(CNc2cccc(C(F)(F)F)c2)n1C1CCCCC1. The number of aromatic nitrogens is 7. The van der Waals surface area contributed by atoms with E-state index in [0.29, 0.717) is 18.0 Å². The summed E-state index contributed by atoms with van der Waals surface area (Å²) >= 11 is 1.54. The number of nitrogens with one attached hydrogen (secondary N) is 1. The summed E-state index contributed by atoms with van der Waals surface area (Å²) in [5, 5.41) is 24.8. The van der Waals surface area contributed by atoms with E-state index in [0.717, 1.165) is 74.0 Å². The van der Waals surface area contributed by atoms with Gasteiger partial charge in [0.15, 0.2) is 16.8 Å².